The Labute approximate surface area is 146 Å². The highest BCUT2D eigenvalue weighted by molar-refractivity contribution is 5.95. The van der Waals surface area contributed by atoms with E-state index in [1.807, 2.05) is 30.3 Å². The van der Waals surface area contributed by atoms with Crippen LogP contribution in [0.4, 0.5) is 0 Å². The van der Waals surface area contributed by atoms with Crippen LogP contribution in [-0.2, 0) is 14.3 Å². The van der Waals surface area contributed by atoms with Crippen molar-refractivity contribution < 1.29 is 14.3 Å². The van der Waals surface area contributed by atoms with Gasteiger partial charge in [0.25, 0.3) is 0 Å². The lowest BCUT2D eigenvalue weighted by molar-refractivity contribution is -0.139. The highest BCUT2D eigenvalue weighted by Crippen LogP contribution is 2.42. The SMILES string of the molecule is CCOC(=O)C1=C(C)OC(C)=C(C#N)C1c1ccnc2ccccc12. The Bertz CT molecular complexity index is 946. The summed E-state index contributed by atoms with van der Waals surface area (Å²) < 4.78 is 10.9. The highest BCUT2D eigenvalue weighted by atomic mass is 16.5. The van der Waals surface area contributed by atoms with Crippen molar-refractivity contribution >= 4 is 16.9 Å². The number of pyridine rings is 1. The van der Waals surface area contributed by atoms with Crippen molar-refractivity contribution in [3.05, 3.63) is 64.8 Å². The summed E-state index contributed by atoms with van der Waals surface area (Å²) in [5, 5.41) is 10.6. The van der Waals surface area contributed by atoms with Crippen LogP contribution in [0.15, 0.2) is 59.2 Å². The zero-order valence-electron chi connectivity index (χ0n) is 14.4. The van der Waals surface area contributed by atoms with Gasteiger partial charge >= 0.3 is 5.97 Å². The second-order valence-corrected chi connectivity index (χ2v) is 5.72. The van der Waals surface area contributed by atoms with Crippen molar-refractivity contribution in [3.63, 3.8) is 0 Å². The van der Waals surface area contributed by atoms with E-state index in [1.54, 1.807) is 27.0 Å². The highest BCUT2D eigenvalue weighted by Gasteiger charge is 2.36. The number of rotatable bonds is 3. The van der Waals surface area contributed by atoms with E-state index in [-0.39, 0.29) is 6.61 Å². The summed E-state index contributed by atoms with van der Waals surface area (Å²) in [6.45, 7) is 5.46. The largest absolute Gasteiger partial charge is 0.465 e. The normalized spacial score (nSPS) is 17.3. The molecule has 1 aromatic heterocycles. The first-order valence-electron chi connectivity index (χ1n) is 8.08. The summed E-state index contributed by atoms with van der Waals surface area (Å²) in [7, 11) is 0. The molecule has 1 unspecified atom stereocenters. The molecule has 1 aliphatic heterocycles. The summed E-state index contributed by atoms with van der Waals surface area (Å²) in [6.07, 6.45) is 1.69. The molecule has 0 spiro atoms. The predicted octanol–water partition coefficient (Wildman–Crippen LogP) is 3.98. The molecule has 2 aromatic rings. The number of fused-ring (bicyclic) bond motifs is 1. The molecule has 0 radical (unpaired) electrons. The molecule has 5 heteroatoms. The molecule has 1 atom stereocenters. The molecule has 0 amide bonds. The smallest absolute Gasteiger partial charge is 0.338 e. The maximum absolute atomic E-state index is 12.6. The number of hydrogen-bond acceptors (Lipinski definition) is 5. The van der Waals surface area contributed by atoms with E-state index in [0.717, 1.165) is 16.5 Å². The van der Waals surface area contributed by atoms with Crippen LogP contribution in [-0.4, -0.2) is 17.6 Å². The summed E-state index contributed by atoms with van der Waals surface area (Å²) in [4.78, 5) is 17.0. The van der Waals surface area contributed by atoms with Gasteiger partial charge in [-0.15, -0.1) is 0 Å². The number of nitrogens with zero attached hydrogens (tertiary/aromatic N) is 2. The van der Waals surface area contributed by atoms with Gasteiger partial charge in [-0.1, -0.05) is 18.2 Å². The van der Waals surface area contributed by atoms with E-state index in [4.69, 9.17) is 9.47 Å². The van der Waals surface area contributed by atoms with Crippen LogP contribution < -0.4 is 0 Å². The van der Waals surface area contributed by atoms with E-state index < -0.39 is 11.9 Å². The Morgan fingerprint density at radius 1 is 1.28 bits per heavy atom. The van der Waals surface area contributed by atoms with E-state index in [9.17, 15) is 10.1 Å². The van der Waals surface area contributed by atoms with Crippen molar-refractivity contribution in [2.45, 2.75) is 26.7 Å². The van der Waals surface area contributed by atoms with Crippen molar-refractivity contribution in [3.8, 4) is 6.07 Å². The van der Waals surface area contributed by atoms with Gasteiger partial charge in [-0.25, -0.2) is 4.79 Å². The maximum Gasteiger partial charge on any atom is 0.338 e. The molecular weight excluding hydrogens is 316 g/mol. The van der Waals surface area contributed by atoms with Gasteiger partial charge in [-0.3, -0.25) is 4.98 Å². The first kappa shape index (κ1) is 16.7. The molecule has 0 saturated carbocycles. The number of ether oxygens (including phenoxy) is 2. The summed E-state index contributed by atoms with van der Waals surface area (Å²) >= 11 is 0. The van der Waals surface area contributed by atoms with Crippen LogP contribution in [0.5, 0.6) is 0 Å². The zero-order valence-corrected chi connectivity index (χ0v) is 14.4. The van der Waals surface area contributed by atoms with Gasteiger partial charge in [0.2, 0.25) is 0 Å². The third-order valence-electron chi connectivity index (χ3n) is 4.25. The fraction of sp³-hybridized carbons (Fsp3) is 0.250. The first-order chi connectivity index (χ1) is 12.1. The molecule has 0 fully saturated rings. The second kappa shape index (κ2) is 6.78. The lowest BCUT2D eigenvalue weighted by Crippen LogP contribution is -2.23. The zero-order chi connectivity index (χ0) is 18.0. The Kier molecular flexibility index (Phi) is 4.53. The third-order valence-corrected chi connectivity index (χ3v) is 4.25. The average Bonchev–Trinajstić information content (AvgIpc) is 2.60. The summed E-state index contributed by atoms with van der Waals surface area (Å²) in [6, 6.07) is 11.7. The molecular formula is C20H18N2O3. The molecule has 126 valence electrons. The predicted molar refractivity (Wildman–Crippen MR) is 93.2 cm³/mol. The monoisotopic (exact) mass is 334 g/mol. The molecule has 1 aromatic carbocycles. The fourth-order valence-corrected chi connectivity index (χ4v) is 3.18. The van der Waals surface area contributed by atoms with Crippen molar-refractivity contribution in [2.24, 2.45) is 0 Å². The van der Waals surface area contributed by atoms with Crippen LogP contribution in [0.3, 0.4) is 0 Å². The third kappa shape index (κ3) is 2.87. The molecule has 2 heterocycles. The molecule has 25 heavy (non-hydrogen) atoms. The van der Waals surface area contributed by atoms with Crippen molar-refractivity contribution in [1.29, 1.82) is 5.26 Å². The number of hydrogen-bond donors (Lipinski definition) is 0. The standard InChI is InChI=1S/C20H18N2O3/c1-4-24-20(23)18-13(3)25-12(2)16(11-21)19(18)15-9-10-22-17-8-6-5-7-14(15)17/h5-10,19H,4H2,1-3H3. The molecule has 5 nitrogen and oxygen atoms in total. The van der Waals surface area contributed by atoms with Gasteiger partial charge in [0.05, 0.1) is 35.3 Å². The van der Waals surface area contributed by atoms with Crippen LogP contribution in [0, 0.1) is 11.3 Å². The number of para-hydroxylation sites is 1. The molecule has 0 saturated heterocycles. The minimum absolute atomic E-state index is 0.254. The van der Waals surface area contributed by atoms with Gasteiger partial charge in [0.1, 0.15) is 11.5 Å². The minimum atomic E-state index is -0.536. The number of esters is 1. The van der Waals surface area contributed by atoms with Crippen LogP contribution in [0.2, 0.25) is 0 Å². The lowest BCUT2D eigenvalue weighted by atomic mass is 9.81. The van der Waals surface area contributed by atoms with E-state index in [0.29, 0.717) is 22.7 Å². The number of carbonyl (C=O) groups excluding carboxylic acids is 1. The number of carbonyl (C=O) groups is 1. The van der Waals surface area contributed by atoms with Crippen LogP contribution >= 0.6 is 0 Å². The average molecular weight is 334 g/mol. The number of allylic oxidation sites excluding steroid dienone is 3. The van der Waals surface area contributed by atoms with Crippen molar-refractivity contribution in [2.75, 3.05) is 6.61 Å². The van der Waals surface area contributed by atoms with Gasteiger partial charge in [-0.2, -0.15) is 5.26 Å². The molecule has 1 aliphatic rings. The van der Waals surface area contributed by atoms with Gasteiger partial charge in [0, 0.05) is 11.6 Å². The summed E-state index contributed by atoms with van der Waals surface area (Å²) in [5.41, 5.74) is 2.42. The molecule has 0 bridgehead atoms. The first-order valence-corrected chi connectivity index (χ1v) is 8.08. The molecule has 3 rings (SSSR count). The Hall–Kier alpha value is -3.13. The topological polar surface area (TPSA) is 72.2 Å². The fourth-order valence-electron chi connectivity index (χ4n) is 3.18. The van der Waals surface area contributed by atoms with Crippen LogP contribution in [0.1, 0.15) is 32.3 Å². The number of benzene rings is 1. The van der Waals surface area contributed by atoms with E-state index in [2.05, 4.69) is 11.1 Å². The number of nitriles is 1. The Morgan fingerprint density at radius 3 is 2.76 bits per heavy atom. The Balaban J connectivity index is 2.28. The quantitative estimate of drug-likeness (QED) is 0.794. The summed E-state index contributed by atoms with van der Waals surface area (Å²) in [5.74, 6) is -0.0448. The maximum atomic E-state index is 12.6. The number of aromatic nitrogens is 1. The van der Waals surface area contributed by atoms with E-state index in [1.165, 1.54) is 0 Å². The second-order valence-electron chi connectivity index (χ2n) is 5.72. The van der Waals surface area contributed by atoms with Crippen LogP contribution in [0.25, 0.3) is 10.9 Å². The lowest BCUT2D eigenvalue weighted by Gasteiger charge is -2.28. The van der Waals surface area contributed by atoms with Gasteiger partial charge in [-0.05, 0) is 38.5 Å². The molecule has 0 aliphatic carbocycles. The van der Waals surface area contributed by atoms with E-state index >= 15 is 0 Å². The molecule has 0 N–H and O–H groups in total. The van der Waals surface area contributed by atoms with Gasteiger partial charge < -0.3 is 9.47 Å². The Morgan fingerprint density at radius 2 is 2.04 bits per heavy atom. The van der Waals surface area contributed by atoms with Crippen molar-refractivity contribution in [1.82, 2.24) is 4.98 Å². The van der Waals surface area contributed by atoms with Gasteiger partial charge in [0.15, 0.2) is 0 Å². The minimum Gasteiger partial charge on any atom is -0.465 e.